The molecule has 2 rings (SSSR count). The molecular weight excluding hydrogens is 169 g/mol. The van der Waals surface area contributed by atoms with Crippen molar-refractivity contribution in [3.8, 4) is 0 Å². The number of hydrogen-bond acceptors (Lipinski definition) is 2. The SMILES string of the molecule is O=PC1Cc2ccccc2CN1. The lowest BCUT2D eigenvalue weighted by Gasteiger charge is -2.20. The molecule has 1 aromatic carbocycles. The second kappa shape index (κ2) is 3.34. The maximum absolute atomic E-state index is 10.6. The highest BCUT2D eigenvalue weighted by Gasteiger charge is 2.16. The minimum Gasteiger partial charge on any atom is -0.300 e. The Labute approximate surface area is 73.2 Å². The summed E-state index contributed by atoms with van der Waals surface area (Å²) < 4.78 is 10.6. The Morgan fingerprint density at radius 3 is 2.83 bits per heavy atom. The minimum atomic E-state index is 0.111. The van der Waals surface area contributed by atoms with Gasteiger partial charge < -0.3 is 0 Å². The number of benzene rings is 1. The van der Waals surface area contributed by atoms with Crippen LogP contribution in [0.4, 0.5) is 0 Å². The van der Waals surface area contributed by atoms with Crippen molar-refractivity contribution in [2.75, 3.05) is 0 Å². The van der Waals surface area contributed by atoms with Gasteiger partial charge in [-0.1, -0.05) is 24.3 Å². The van der Waals surface area contributed by atoms with Crippen molar-refractivity contribution in [1.29, 1.82) is 0 Å². The zero-order valence-corrected chi connectivity index (χ0v) is 7.55. The van der Waals surface area contributed by atoms with Crippen LogP contribution in [0, 0.1) is 0 Å². The summed E-state index contributed by atoms with van der Waals surface area (Å²) in [6.07, 6.45) is 0.876. The standard InChI is InChI=1S/C9H10NOP/c11-12-9-5-7-3-1-2-4-8(7)6-10-9/h1-4,9-10H,5-6H2. The average molecular weight is 179 g/mol. The number of rotatable bonds is 1. The molecule has 1 unspecified atom stereocenters. The second-order valence-electron chi connectivity index (χ2n) is 2.97. The van der Waals surface area contributed by atoms with Crippen molar-refractivity contribution in [3.63, 3.8) is 0 Å². The minimum absolute atomic E-state index is 0.111. The van der Waals surface area contributed by atoms with E-state index in [0.29, 0.717) is 0 Å². The van der Waals surface area contributed by atoms with Gasteiger partial charge in [0.15, 0.2) is 8.46 Å². The topological polar surface area (TPSA) is 29.1 Å². The van der Waals surface area contributed by atoms with Crippen molar-refractivity contribution < 1.29 is 4.57 Å². The van der Waals surface area contributed by atoms with E-state index in [2.05, 4.69) is 17.4 Å². The quantitative estimate of drug-likeness (QED) is 0.667. The normalized spacial score (nSPS) is 22.2. The van der Waals surface area contributed by atoms with Gasteiger partial charge in [-0.3, -0.25) is 9.88 Å². The second-order valence-corrected chi connectivity index (χ2v) is 3.81. The predicted octanol–water partition coefficient (Wildman–Crippen LogP) is 1.95. The van der Waals surface area contributed by atoms with E-state index in [4.69, 9.17) is 0 Å². The molecule has 1 aliphatic rings. The molecule has 62 valence electrons. The number of nitrogens with one attached hydrogen (secondary N) is 1. The van der Waals surface area contributed by atoms with Crippen LogP contribution in [0.1, 0.15) is 11.1 Å². The predicted molar refractivity (Wildman–Crippen MR) is 48.4 cm³/mol. The van der Waals surface area contributed by atoms with Gasteiger partial charge in [-0.15, -0.1) is 0 Å². The van der Waals surface area contributed by atoms with Crippen LogP contribution < -0.4 is 5.32 Å². The van der Waals surface area contributed by atoms with E-state index in [1.54, 1.807) is 0 Å². The monoisotopic (exact) mass is 179 g/mol. The van der Waals surface area contributed by atoms with Crippen LogP contribution in [-0.4, -0.2) is 5.78 Å². The number of hydrogen-bond donors (Lipinski definition) is 1. The maximum Gasteiger partial charge on any atom is 0.174 e. The van der Waals surface area contributed by atoms with Crippen LogP contribution >= 0.6 is 8.46 Å². The molecule has 2 nitrogen and oxygen atoms in total. The molecule has 12 heavy (non-hydrogen) atoms. The van der Waals surface area contributed by atoms with Crippen molar-refractivity contribution >= 4 is 8.46 Å². The van der Waals surface area contributed by atoms with E-state index in [9.17, 15) is 4.57 Å². The third-order valence-electron chi connectivity index (χ3n) is 2.19. The van der Waals surface area contributed by atoms with Gasteiger partial charge in [-0.2, -0.15) is 0 Å². The Morgan fingerprint density at radius 2 is 2.08 bits per heavy atom. The van der Waals surface area contributed by atoms with Gasteiger partial charge in [0.25, 0.3) is 0 Å². The smallest absolute Gasteiger partial charge is 0.174 e. The Balaban J connectivity index is 2.28. The van der Waals surface area contributed by atoms with Gasteiger partial charge in [0.2, 0.25) is 0 Å². The summed E-state index contributed by atoms with van der Waals surface area (Å²) in [6.45, 7) is 0.843. The number of fused-ring (bicyclic) bond motifs is 1. The molecule has 0 spiro atoms. The van der Waals surface area contributed by atoms with Crippen LogP contribution in [0.5, 0.6) is 0 Å². The lowest BCUT2D eigenvalue weighted by molar-refractivity contribution is 0.551. The molecule has 0 saturated heterocycles. The molecule has 3 heteroatoms. The van der Waals surface area contributed by atoms with Crippen LogP contribution in [0.15, 0.2) is 24.3 Å². The van der Waals surface area contributed by atoms with Gasteiger partial charge in [0, 0.05) is 6.54 Å². The Bertz CT molecular complexity index is 300. The molecule has 0 bridgehead atoms. The first-order valence-corrected chi connectivity index (χ1v) is 4.91. The lowest BCUT2D eigenvalue weighted by atomic mass is 10.0. The van der Waals surface area contributed by atoms with Crippen molar-refractivity contribution in [2.24, 2.45) is 0 Å². The fourth-order valence-electron chi connectivity index (χ4n) is 1.51. The summed E-state index contributed by atoms with van der Waals surface area (Å²) in [5, 5.41) is 3.20. The van der Waals surface area contributed by atoms with Crippen LogP contribution in [0.2, 0.25) is 0 Å². The summed E-state index contributed by atoms with van der Waals surface area (Å²) in [4.78, 5) is 0. The summed E-state index contributed by atoms with van der Waals surface area (Å²) in [6, 6.07) is 8.28. The maximum atomic E-state index is 10.6. The molecule has 0 radical (unpaired) electrons. The average Bonchev–Trinajstić information content (AvgIpc) is 2.17. The molecule has 1 N–H and O–H groups in total. The van der Waals surface area contributed by atoms with E-state index in [1.807, 2.05) is 12.1 Å². The van der Waals surface area contributed by atoms with Crippen molar-refractivity contribution in [2.45, 2.75) is 18.7 Å². The van der Waals surface area contributed by atoms with Gasteiger partial charge in [0.05, 0.1) is 5.78 Å². The van der Waals surface area contributed by atoms with E-state index in [1.165, 1.54) is 11.1 Å². The highest BCUT2D eigenvalue weighted by molar-refractivity contribution is 7.24. The fraction of sp³-hybridized carbons (Fsp3) is 0.333. The molecule has 0 fully saturated rings. The molecule has 0 aliphatic carbocycles. The molecule has 0 aromatic heterocycles. The van der Waals surface area contributed by atoms with Gasteiger partial charge >= 0.3 is 0 Å². The molecule has 1 aliphatic heterocycles. The van der Waals surface area contributed by atoms with Crippen molar-refractivity contribution in [1.82, 2.24) is 5.32 Å². The summed E-state index contributed by atoms with van der Waals surface area (Å²) in [5.41, 5.74) is 2.65. The Hall–Kier alpha value is -0.720. The van der Waals surface area contributed by atoms with Crippen LogP contribution in [0.25, 0.3) is 0 Å². The molecule has 0 saturated carbocycles. The first kappa shape index (κ1) is 7.90. The van der Waals surface area contributed by atoms with E-state index < -0.39 is 0 Å². The van der Waals surface area contributed by atoms with Gasteiger partial charge in [0.1, 0.15) is 0 Å². The largest absolute Gasteiger partial charge is 0.300 e. The third kappa shape index (κ3) is 1.40. The van der Waals surface area contributed by atoms with Crippen LogP contribution in [0.3, 0.4) is 0 Å². The summed E-state index contributed by atoms with van der Waals surface area (Å²) in [7, 11) is 0.203. The Kier molecular flexibility index (Phi) is 2.20. The third-order valence-corrected chi connectivity index (χ3v) is 2.81. The fourth-order valence-corrected chi connectivity index (χ4v) is 1.95. The zero-order chi connectivity index (χ0) is 8.39. The lowest BCUT2D eigenvalue weighted by Crippen LogP contribution is -2.30. The van der Waals surface area contributed by atoms with Crippen LogP contribution in [-0.2, 0) is 17.5 Å². The summed E-state index contributed by atoms with van der Waals surface area (Å²) >= 11 is 0. The van der Waals surface area contributed by atoms with Gasteiger partial charge in [-0.25, -0.2) is 0 Å². The molecular formula is C9H10NOP. The van der Waals surface area contributed by atoms with Crippen molar-refractivity contribution in [3.05, 3.63) is 35.4 Å². The van der Waals surface area contributed by atoms with E-state index in [0.717, 1.165) is 13.0 Å². The highest BCUT2D eigenvalue weighted by Crippen LogP contribution is 2.20. The van der Waals surface area contributed by atoms with E-state index >= 15 is 0 Å². The molecule has 1 heterocycles. The summed E-state index contributed by atoms with van der Waals surface area (Å²) in [5.74, 6) is 0.111. The van der Waals surface area contributed by atoms with Gasteiger partial charge in [-0.05, 0) is 17.5 Å². The van der Waals surface area contributed by atoms with E-state index in [-0.39, 0.29) is 14.2 Å². The molecule has 1 aromatic rings. The first-order chi connectivity index (χ1) is 5.90. The molecule has 0 amide bonds. The first-order valence-electron chi connectivity index (χ1n) is 4.03. The highest BCUT2D eigenvalue weighted by atomic mass is 31.1. The Morgan fingerprint density at radius 1 is 1.33 bits per heavy atom. The zero-order valence-electron chi connectivity index (χ0n) is 6.66. The molecule has 1 atom stereocenters.